The van der Waals surface area contributed by atoms with Crippen LogP contribution in [0.1, 0.15) is 17.3 Å². The molecule has 4 rings (SSSR count). The standard InChI is InChI=1S/C24H21IN2O4S.CHF3O3S/c1-3-30-15-31-20-11-12-21-22(14-20)32-24(26-21)27-23(28)16-7-9-17(10-8-16)25-18-5-4-6-19(13-18)29-2;2-1(3,4)8(5,6)7/h4-14H,3,15H2,1-2H3;(H,5,6,7). The number of rotatable bonds is 9. The van der Waals surface area contributed by atoms with Crippen LogP contribution in [0.25, 0.3) is 10.2 Å². The summed E-state index contributed by atoms with van der Waals surface area (Å²) >= 11 is 1.07. The molecule has 4 aromatic rings. The Morgan fingerprint density at radius 3 is 2.38 bits per heavy atom. The number of nitrogens with zero attached hydrogens (tertiary/aromatic N) is 1. The van der Waals surface area contributed by atoms with Crippen molar-refractivity contribution in [2.75, 3.05) is 25.8 Å². The Morgan fingerprint density at radius 1 is 1.05 bits per heavy atom. The largest absolute Gasteiger partial charge is 0.741 e. The number of nitrogens with one attached hydrogen (secondary N) is 1. The van der Waals surface area contributed by atoms with E-state index in [1.807, 2.05) is 61.5 Å². The molecule has 0 spiro atoms. The second-order valence-electron chi connectivity index (χ2n) is 7.52. The molecule has 0 aliphatic carbocycles. The van der Waals surface area contributed by atoms with Gasteiger partial charge in [0.15, 0.2) is 29.2 Å². The number of carbonyl (C=O) groups excluding carboxylic acids is 1. The molecule has 0 saturated carbocycles. The molecule has 15 heteroatoms. The minimum atomic E-state index is -6.09. The number of halogens is 4. The molecule has 0 aliphatic heterocycles. The van der Waals surface area contributed by atoms with Crippen LogP contribution in [0.15, 0.2) is 66.7 Å². The topological polar surface area (TPSA) is 127 Å². The van der Waals surface area contributed by atoms with Gasteiger partial charge in [-0.25, -0.2) is 13.4 Å². The van der Waals surface area contributed by atoms with E-state index in [0.29, 0.717) is 23.1 Å². The molecule has 3 aromatic carbocycles. The molecule has 0 aliphatic rings. The maximum Gasteiger partial charge on any atom is 0.485 e. The van der Waals surface area contributed by atoms with Crippen LogP contribution in [-0.4, -0.2) is 49.9 Å². The van der Waals surface area contributed by atoms with Crippen LogP contribution in [0.4, 0.5) is 18.3 Å². The highest BCUT2D eigenvalue weighted by molar-refractivity contribution is 7.86. The number of methoxy groups -OCH3 is 1. The summed E-state index contributed by atoms with van der Waals surface area (Å²) in [7, 11) is -4.42. The van der Waals surface area contributed by atoms with Gasteiger partial charge >= 0.3 is 26.7 Å². The first kappa shape index (κ1) is 31.5. The van der Waals surface area contributed by atoms with Gasteiger partial charge < -0.3 is 18.8 Å². The molecule has 0 saturated heterocycles. The Bertz CT molecular complexity index is 1550. The van der Waals surface area contributed by atoms with E-state index in [2.05, 4.69) is 22.4 Å². The lowest BCUT2D eigenvalue weighted by Gasteiger charge is -2.08. The highest BCUT2D eigenvalue weighted by Crippen LogP contribution is 2.29. The Hall–Kier alpha value is -2.99. The van der Waals surface area contributed by atoms with E-state index < -0.39 is 15.6 Å². The fourth-order valence-electron chi connectivity index (χ4n) is 2.85. The van der Waals surface area contributed by atoms with Crippen LogP contribution in [0.3, 0.4) is 0 Å². The van der Waals surface area contributed by atoms with Gasteiger partial charge in [-0.2, -0.15) is 13.2 Å². The van der Waals surface area contributed by atoms with Gasteiger partial charge in [0.05, 0.1) is 17.3 Å². The molecule has 1 N–H and O–H groups in total. The minimum absolute atomic E-state index is 0.178. The van der Waals surface area contributed by atoms with E-state index in [0.717, 1.165) is 16.0 Å². The van der Waals surface area contributed by atoms with E-state index in [4.69, 9.17) is 27.2 Å². The van der Waals surface area contributed by atoms with Crippen LogP contribution in [0, 0.1) is 7.14 Å². The first-order chi connectivity index (χ1) is 18.9. The third-order valence-corrected chi connectivity index (χ3v) is 8.87. The van der Waals surface area contributed by atoms with Crippen molar-refractivity contribution in [2.45, 2.75) is 12.4 Å². The zero-order valence-corrected chi connectivity index (χ0v) is 24.7. The van der Waals surface area contributed by atoms with Crippen LogP contribution in [0.5, 0.6) is 11.5 Å². The Morgan fingerprint density at radius 2 is 1.75 bits per heavy atom. The molecule has 1 amide bonds. The second kappa shape index (κ2) is 14.1. The lowest BCUT2D eigenvalue weighted by molar-refractivity contribution is -0.597. The van der Waals surface area contributed by atoms with Crippen molar-refractivity contribution in [3.63, 3.8) is 0 Å². The Balaban J connectivity index is 0.000000482. The summed E-state index contributed by atoms with van der Waals surface area (Å²) in [6.45, 7) is 2.73. The van der Waals surface area contributed by atoms with Gasteiger partial charge in [-0.05, 0) is 61.5 Å². The number of anilines is 1. The summed E-state index contributed by atoms with van der Waals surface area (Å²) in [4.78, 5) is 17.2. The fourth-order valence-corrected chi connectivity index (χ4v) is 6.03. The maximum atomic E-state index is 12.7. The average Bonchev–Trinajstić information content (AvgIpc) is 3.30. The normalized spacial score (nSPS) is 11.4. The highest BCUT2D eigenvalue weighted by atomic mass is 127. The first-order valence-corrected chi connectivity index (χ1v) is 15.6. The highest BCUT2D eigenvalue weighted by Gasteiger charge is 2.36. The molecule has 40 heavy (non-hydrogen) atoms. The number of ether oxygens (including phenoxy) is 3. The molecular formula is C25H22F3IN2O7S2. The third-order valence-electron chi connectivity index (χ3n) is 4.73. The van der Waals surface area contributed by atoms with E-state index >= 15 is 0 Å². The summed E-state index contributed by atoms with van der Waals surface area (Å²) in [5, 5.41) is 3.45. The van der Waals surface area contributed by atoms with Crippen molar-refractivity contribution in [2.24, 2.45) is 0 Å². The van der Waals surface area contributed by atoms with E-state index in [9.17, 15) is 18.0 Å². The number of carbonyl (C=O) groups is 1. The van der Waals surface area contributed by atoms with Crippen molar-refractivity contribution in [1.29, 1.82) is 0 Å². The molecule has 0 bridgehead atoms. The number of amides is 1. The summed E-state index contributed by atoms with van der Waals surface area (Å²) in [6.07, 6.45) is 0. The summed E-state index contributed by atoms with van der Waals surface area (Å²) in [5.74, 6) is 1.40. The van der Waals surface area contributed by atoms with Gasteiger partial charge in [0.25, 0.3) is 5.91 Å². The van der Waals surface area contributed by atoms with Crippen molar-refractivity contribution < 1.29 is 66.4 Å². The number of hydrogen-bond donors (Lipinski definition) is 1. The first-order valence-electron chi connectivity index (χ1n) is 11.2. The lowest BCUT2D eigenvalue weighted by Crippen LogP contribution is -3.61. The SMILES string of the molecule is CCOCOc1ccc2nc(NC(=O)c3ccc([I+]c4cccc(OC)c4)cc3)sc2c1.O=S(=O)([O-])C(F)(F)F. The predicted octanol–water partition coefficient (Wildman–Crippen LogP) is 2.11. The Kier molecular flexibility index (Phi) is 11.1. The number of aromatic nitrogens is 1. The van der Waals surface area contributed by atoms with Crippen LogP contribution < -0.4 is 36.0 Å². The monoisotopic (exact) mass is 710 g/mol. The van der Waals surface area contributed by atoms with Gasteiger partial charge in [0.2, 0.25) is 0 Å². The minimum Gasteiger partial charge on any atom is -0.741 e. The second-order valence-corrected chi connectivity index (χ2v) is 13.0. The van der Waals surface area contributed by atoms with Gasteiger partial charge in [-0.1, -0.05) is 17.4 Å². The number of hydrogen-bond acceptors (Lipinski definition) is 9. The van der Waals surface area contributed by atoms with Crippen LogP contribution in [0.2, 0.25) is 0 Å². The molecule has 0 unspecified atom stereocenters. The summed E-state index contributed by atoms with van der Waals surface area (Å²) < 4.78 is 78.4. The van der Waals surface area contributed by atoms with Crippen molar-refractivity contribution >= 4 is 42.7 Å². The molecule has 0 fully saturated rings. The molecular weight excluding hydrogens is 688 g/mol. The van der Waals surface area contributed by atoms with Crippen molar-refractivity contribution in [3.05, 3.63) is 79.4 Å². The third kappa shape index (κ3) is 9.29. The zero-order chi connectivity index (χ0) is 29.3. The number of benzene rings is 3. The quantitative estimate of drug-likeness (QED) is 0.0921. The molecule has 214 valence electrons. The Labute approximate surface area is 242 Å². The summed E-state index contributed by atoms with van der Waals surface area (Å²) in [6, 6.07) is 21.5. The smallest absolute Gasteiger partial charge is 0.485 e. The molecule has 1 heterocycles. The van der Waals surface area contributed by atoms with Crippen molar-refractivity contribution in [3.8, 4) is 11.5 Å². The van der Waals surface area contributed by atoms with Crippen LogP contribution >= 0.6 is 11.3 Å². The van der Waals surface area contributed by atoms with Gasteiger partial charge in [-0.3, -0.25) is 10.1 Å². The van der Waals surface area contributed by atoms with Gasteiger partial charge in [-0.15, -0.1) is 0 Å². The average molecular weight is 710 g/mol. The number of alkyl halides is 3. The van der Waals surface area contributed by atoms with Gasteiger partial charge in [0.1, 0.15) is 11.5 Å². The summed E-state index contributed by atoms with van der Waals surface area (Å²) in [5.41, 5.74) is -4.23. The van der Waals surface area contributed by atoms with E-state index in [-0.39, 0.29) is 33.9 Å². The van der Waals surface area contributed by atoms with Crippen LogP contribution in [-0.2, 0) is 14.9 Å². The van der Waals surface area contributed by atoms with E-state index in [1.54, 1.807) is 7.11 Å². The zero-order valence-electron chi connectivity index (χ0n) is 20.9. The lowest BCUT2D eigenvalue weighted by atomic mass is 10.2. The molecule has 9 nitrogen and oxygen atoms in total. The number of fused-ring (bicyclic) bond motifs is 1. The molecule has 0 atom stereocenters. The molecule has 1 aromatic heterocycles. The maximum absolute atomic E-state index is 12.7. The number of thiazole rings is 1. The predicted molar refractivity (Wildman–Crippen MR) is 137 cm³/mol. The van der Waals surface area contributed by atoms with Gasteiger partial charge in [0, 0.05) is 18.2 Å². The molecule has 0 radical (unpaired) electrons. The van der Waals surface area contributed by atoms with E-state index in [1.165, 1.54) is 18.5 Å². The fraction of sp³-hybridized carbons (Fsp3) is 0.200. The van der Waals surface area contributed by atoms with Crippen molar-refractivity contribution in [1.82, 2.24) is 4.98 Å².